The first-order valence-electron chi connectivity index (χ1n) is 10.0. The molecule has 2 heterocycles. The minimum atomic E-state index is -0.669. The zero-order chi connectivity index (χ0) is 20.0. The van der Waals surface area contributed by atoms with Gasteiger partial charge in [0.2, 0.25) is 0 Å². The number of hydrogen-bond acceptors (Lipinski definition) is 3. The van der Waals surface area contributed by atoms with Crippen molar-refractivity contribution in [2.45, 2.75) is 37.3 Å². The van der Waals surface area contributed by atoms with Gasteiger partial charge in [0, 0.05) is 28.8 Å². The predicted molar refractivity (Wildman–Crippen MR) is 113 cm³/mol. The molecule has 2 aromatic rings. The molecule has 0 unspecified atom stereocenters. The van der Waals surface area contributed by atoms with Crippen LogP contribution < -0.4 is 10.1 Å². The molecule has 2 bridgehead atoms. The highest BCUT2D eigenvalue weighted by molar-refractivity contribution is 6.30. The molecule has 148 valence electrons. The third kappa shape index (κ3) is 3.03. The summed E-state index contributed by atoms with van der Waals surface area (Å²) in [6.07, 6.45) is 7.26. The van der Waals surface area contributed by atoms with E-state index in [0.717, 1.165) is 42.6 Å². The number of para-hydroxylation sites is 1. The third-order valence-corrected chi connectivity index (χ3v) is 6.57. The minimum absolute atomic E-state index is 0.00155. The number of hydrogen-bond donors (Lipinski definition) is 2. The quantitative estimate of drug-likeness (QED) is 0.520. The molecule has 0 radical (unpaired) electrons. The van der Waals surface area contributed by atoms with E-state index in [0.29, 0.717) is 10.6 Å². The second-order valence-electron chi connectivity index (χ2n) is 8.00. The number of carbonyl (C=O) groups excluding carboxylic acids is 1. The van der Waals surface area contributed by atoms with Crippen LogP contribution in [0.3, 0.4) is 0 Å². The average molecular weight is 408 g/mol. The van der Waals surface area contributed by atoms with Gasteiger partial charge in [0.15, 0.2) is 5.72 Å². The number of ether oxygens (including phenoxy) is 1. The number of nitrogens with one attached hydrogen (secondary N) is 1. The van der Waals surface area contributed by atoms with Gasteiger partial charge in [0.05, 0.1) is 5.57 Å². The molecule has 0 spiro atoms. The standard InChI is InChI=1S/C24H22ClNO3/c25-16-11-8-15(9-12-16)10-13-19(27)22-21-17-5-1-2-7-20(17)29-24(26-23(22)28)14-4-3-6-18(21)24/h1-2,5,7-13,18,21,27H,3-4,6,14H2,(H,26,28)/b13-10+,22-19-/t18-,21-,24+/m0/s1. The Kier molecular flexibility index (Phi) is 4.39. The third-order valence-electron chi connectivity index (χ3n) is 6.32. The lowest BCUT2D eigenvalue weighted by atomic mass is 9.64. The molecule has 0 aromatic heterocycles. The van der Waals surface area contributed by atoms with Crippen LogP contribution >= 0.6 is 11.6 Å². The Labute approximate surface area is 174 Å². The molecule has 1 aliphatic carbocycles. The zero-order valence-electron chi connectivity index (χ0n) is 15.9. The predicted octanol–water partition coefficient (Wildman–Crippen LogP) is 5.36. The fraction of sp³-hybridized carbons (Fsp3) is 0.292. The molecule has 3 aliphatic rings. The van der Waals surface area contributed by atoms with Crippen molar-refractivity contribution >= 4 is 23.6 Å². The Morgan fingerprint density at radius 2 is 1.97 bits per heavy atom. The Morgan fingerprint density at radius 3 is 2.79 bits per heavy atom. The number of rotatable bonds is 2. The number of carbonyl (C=O) groups is 1. The summed E-state index contributed by atoms with van der Waals surface area (Å²) >= 11 is 5.94. The number of fused-ring (bicyclic) bond motifs is 2. The number of benzene rings is 2. The molecule has 2 aliphatic heterocycles. The maximum atomic E-state index is 13.1. The van der Waals surface area contributed by atoms with Crippen molar-refractivity contribution < 1.29 is 14.6 Å². The van der Waals surface area contributed by atoms with Crippen LogP contribution in [0, 0.1) is 5.92 Å². The molecule has 29 heavy (non-hydrogen) atoms. The van der Waals surface area contributed by atoms with Crippen molar-refractivity contribution in [2.24, 2.45) is 5.92 Å². The highest BCUT2D eigenvalue weighted by Crippen LogP contribution is 2.55. The van der Waals surface area contributed by atoms with E-state index in [4.69, 9.17) is 16.3 Å². The van der Waals surface area contributed by atoms with Crippen LogP contribution in [-0.2, 0) is 4.79 Å². The van der Waals surface area contributed by atoms with E-state index in [1.165, 1.54) is 0 Å². The lowest BCUT2D eigenvalue weighted by molar-refractivity contribution is -0.140. The Hall–Kier alpha value is -2.72. The summed E-state index contributed by atoms with van der Waals surface area (Å²) in [4.78, 5) is 13.1. The van der Waals surface area contributed by atoms with Crippen molar-refractivity contribution in [3.8, 4) is 5.75 Å². The first kappa shape index (κ1) is 18.3. The van der Waals surface area contributed by atoms with Crippen molar-refractivity contribution in [1.82, 2.24) is 5.32 Å². The molecule has 2 N–H and O–H groups in total. The lowest BCUT2D eigenvalue weighted by Crippen LogP contribution is -2.66. The van der Waals surface area contributed by atoms with Gasteiger partial charge in [-0.3, -0.25) is 4.79 Å². The van der Waals surface area contributed by atoms with Gasteiger partial charge < -0.3 is 15.2 Å². The summed E-state index contributed by atoms with van der Waals surface area (Å²) in [5.41, 5.74) is 1.63. The highest BCUT2D eigenvalue weighted by Gasteiger charge is 2.57. The van der Waals surface area contributed by atoms with Crippen LogP contribution in [-0.4, -0.2) is 16.7 Å². The molecule has 4 nitrogen and oxygen atoms in total. The summed E-state index contributed by atoms with van der Waals surface area (Å²) in [5.74, 6) is 0.482. The van der Waals surface area contributed by atoms with Crippen LogP contribution in [0.2, 0.25) is 5.02 Å². The Bertz CT molecular complexity index is 1030. The lowest BCUT2D eigenvalue weighted by Gasteiger charge is -2.54. The summed E-state index contributed by atoms with van der Waals surface area (Å²) < 4.78 is 6.37. The van der Waals surface area contributed by atoms with Gasteiger partial charge in [-0.25, -0.2) is 0 Å². The van der Waals surface area contributed by atoms with Crippen molar-refractivity contribution in [3.05, 3.63) is 82.1 Å². The van der Waals surface area contributed by atoms with E-state index in [1.807, 2.05) is 36.4 Å². The van der Waals surface area contributed by atoms with Crippen LogP contribution in [0.4, 0.5) is 0 Å². The SMILES string of the molecule is O=C1N[C@@]23CCCC[C@H]2[C@@H](/C1=C(O)\C=C\c1ccc(Cl)cc1)c1ccccc1O3. The normalized spacial score (nSPS) is 29.5. The maximum Gasteiger partial charge on any atom is 0.254 e. The molecule has 5 heteroatoms. The van der Waals surface area contributed by atoms with E-state index in [-0.39, 0.29) is 23.5 Å². The summed E-state index contributed by atoms with van der Waals surface area (Å²) in [7, 11) is 0. The maximum absolute atomic E-state index is 13.1. The van der Waals surface area contributed by atoms with Crippen molar-refractivity contribution in [3.63, 3.8) is 0 Å². The largest absolute Gasteiger partial charge is 0.507 e. The van der Waals surface area contributed by atoms with Gasteiger partial charge in [-0.15, -0.1) is 0 Å². The Balaban J connectivity index is 1.60. The summed E-state index contributed by atoms with van der Waals surface area (Å²) in [6.45, 7) is 0. The van der Waals surface area contributed by atoms with Crippen LogP contribution in [0.25, 0.3) is 6.08 Å². The molecule has 1 saturated heterocycles. The van der Waals surface area contributed by atoms with Gasteiger partial charge >= 0.3 is 0 Å². The average Bonchev–Trinajstić information content (AvgIpc) is 2.72. The smallest absolute Gasteiger partial charge is 0.254 e. The molecule has 5 rings (SSSR count). The topological polar surface area (TPSA) is 58.6 Å². The van der Waals surface area contributed by atoms with E-state index in [9.17, 15) is 9.90 Å². The number of amides is 1. The number of aliphatic hydroxyl groups excluding tert-OH is 1. The molecule has 2 fully saturated rings. The number of aliphatic hydroxyl groups is 1. The van der Waals surface area contributed by atoms with Crippen molar-refractivity contribution in [1.29, 1.82) is 0 Å². The highest BCUT2D eigenvalue weighted by atomic mass is 35.5. The van der Waals surface area contributed by atoms with E-state index in [2.05, 4.69) is 5.32 Å². The van der Waals surface area contributed by atoms with Crippen LogP contribution in [0.15, 0.2) is 65.9 Å². The second kappa shape index (κ2) is 6.96. The summed E-state index contributed by atoms with van der Waals surface area (Å²) in [6, 6.07) is 15.2. The van der Waals surface area contributed by atoms with E-state index >= 15 is 0 Å². The van der Waals surface area contributed by atoms with Crippen LogP contribution in [0.1, 0.15) is 42.7 Å². The fourth-order valence-electron chi connectivity index (χ4n) is 5.03. The zero-order valence-corrected chi connectivity index (χ0v) is 16.7. The van der Waals surface area contributed by atoms with Gasteiger partial charge in [-0.2, -0.15) is 0 Å². The number of halogens is 1. The van der Waals surface area contributed by atoms with Gasteiger partial charge in [-0.1, -0.05) is 54.4 Å². The fourth-order valence-corrected chi connectivity index (χ4v) is 5.16. The minimum Gasteiger partial charge on any atom is -0.507 e. The van der Waals surface area contributed by atoms with Gasteiger partial charge in [-0.05, 0) is 42.7 Å². The van der Waals surface area contributed by atoms with Crippen LogP contribution in [0.5, 0.6) is 5.75 Å². The molecule has 3 atom stereocenters. The number of allylic oxidation sites excluding steroid dienone is 1. The molecular formula is C24H22ClNO3. The molecule has 2 aromatic carbocycles. The van der Waals surface area contributed by atoms with Crippen molar-refractivity contribution in [2.75, 3.05) is 0 Å². The van der Waals surface area contributed by atoms with Gasteiger partial charge in [0.25, 0.3) is 5.91 Å². The first-order valence-corrected chi connectivity index (χ1v) is 10.4. The second-order valence-corrected chi connectivity index (χ2v) is 8.43. The first-order chi connectivity index (χ1) is 14.1. The molecule has 1 saturated carbocycles. The Morgan fingerprint density at radius 1 is 1.17 bits per heavy atom. The van der Waals surface area contributed by atoms with E-state index < -0.39 is 5.72 Å². The molecule has 1 amide bonds. The monoisotopic (exact) mass is 407 g/mol. The van der Waals surface area contributed by atoms with E-state index in [1.54, 1.807) is 24.3 Å². The number of piperidine rings is 1. The van der Waals surface area contributed by atoms with Gasteiger partial charge in [0.1, 0.15) is 11.5 Å². The molecular weight excluding hydrogens is 386 g/mol. The summed E-state index contributed by atoms with van der Waals surface area (Å²) in [5, 5.41) is 14.7.